The zero-order valence-electron chi connectivity index (χ0n) is 16.4. The number of β-amino-alcohol motifs (C(OH)–C–C–N with tert-alkyl or cyclic N) is 1. The van der Waals surface area contributed by atoms with Crippen LogP contribution in [0.3, 0.4) is 0 Å². The monoisotopic (exact) mass is 419 g/mol. The van der Waals surface area contributed by atoms with E-state index >= 15 is 0 Å². The van der Waals surface area contributed by atoms with Gasteiger partial charge in [0, 0.05) is 31.5 Å². The van der Waals surface area contributed by atoms with E-state index in [1.807, 2.05) is 6.92 Å². The summed E-state index contributed by atoms with van der Waals surface area (Å²) in [5.74, 6) is -1.39. The van der Waals surface area contributed by atoms with Crippen LogP contribution in [0.4, 0.5) is 0 Å². The van der Waals surface area contributed by atoms with Gasteiger partial charge < -0.3 is 14.9 Å². The first kappa shape index (κ1) is 21.4. The number of methoxy groups -OCH3 is 1. The summed E-state index contributed by atoms with van der Waals surface area (Å²) >= 11 is 0. The number of sulfonamides is 1. The molecule has 8 heteroatoms. The van der Waals surface area contributed by atoms with E-state index in [4.69, 9.17) is 0 Å². The molecule has 3 rings (SSSR count). The number of piperidine rings is 1. The van der Waals surface area contributed by atoms with Crippen molar-refractivity contribution in [1.82, 2.24) is 4.31 Å². The number of aliphatic hydroxyl groups excluding tert-OH is 2. The van der Waals surface area contributed by atoms with E-state index in [0.717, 1.165) is 11.1 Å². The van der Waals surface area contributed by atoms with Crippen LogP contribution in [0.1, 0.15) is 27.4 Å². The number of carbonyl (C=O) groups excluding carboxylic acids is 1. The van der Waals surface area contributed by atoms with Crippen molar-refractivity contribution in [3.63, 3.8) is 0 Å². The highest BCUT2D eigenvalue weighted by Crippen LogP contribution is 2.35. The van der Waals surface area contributed by atoms with Gasteiger partial charge >= 0.3 is 5.97 Å². The van der Waals surface area contributed by atoms with Gasteiger partial charge in [-0.2, -0.15) is 4.31 Å². The van der Waals surface area contributed by atoms with Crippen molar-refractivity contribution in [3.05, 3.63) is 65.2 Å². The number of aliphatic hydroxyl groups is 2. The smallest absolute Gasteiger partial charge is 0.337 e. The molecule has 156 valence electrons. The third kappa shape index (κ3) is 4.35. The molecular formula is C21H25NO6S. The molecule has 2 aromatic carbocycles. The number of rotatable bonds is 5. The molecule has 0 saturated carbocycles. The van der Waals surface area contributed by atoms with Crippen LogP contribution in [0.25, 0.3) is 0 Å². The van der Waals surface area contributed by atoms with Gasteiger partial charge in [-0.15, -0.1) is 0 Å². The highest BCUT2D eigenvalue weighted by molar-refractivity contribution is 7.89. The Labute approximate surface area is 170 Å². The number of benzene rings is 2. The van der Waals surface area contributed by atoms with Gasteiger partial charge in [0.25, 0.3) is 0 Å². The van der Waals surface area contributed by atoms with Crippen molar-refractivity contribution >= 4 is 16.0 Å². The van der Waals surface area contributed by atoms with Gasteiger partial charge in [-0.3, -0.25) is 0 Å². The van der Waals surface area contributed by atoms with Crippen molar-refractivity contribution in [2.75, 3.05) is 26.8 Å². The molecule has 0 spiro atoms. The zero-order chi connectivity index (χ0) is 21.2. The minimum absolute atomic E-state index is 0.0733. The first-order valence-electron chi connectivity index (χ1n) is 9.32. The second-order valence-corrected chi connectivity index (χ2v) is 9.22. The lowest BCUT2D eigenvalue weighted by Gasteiger charge is -2.40. The lowest BCUT2D eigenvalue weighted by atomic mass is 9.79. The maximum Gasteiger partial charge on any atom is 0.337 e. The first-order valence-corrected chi connectivity index (χ1v) is 10.8. The Bertz CT molecular complexity index is 956. The normalized spacial score (nSPS) is 23.0. The number of ether oxygens (including phenoxy) is 1. The van der Waals surface area contributed by atoms with Crippen molar-refractivity contribution in [1.29, 1.82) is 0 Å². The number of hydrogen-bond acceptors (Lipinski definition) is 6. The highest BCUT2D eigenvalue weighted by atomic mass is 32.2. The second-order valence-electron chi connectivity index (χ2n) is 7.28. The van der Waals surface area contributed by atoms with E-state index in [1.54, 1.807) is 48.5 Å². The third-order valence-electron chi connectivity index (χ3n) is 5.36. The van der Waals surface area contributed by atoms with Crippen LogP contribution in [-0.4, -0.2) is 61.8 Å². The molecule has 0 aliphatic carbocycles. The Balaban J connectivity index is 1.85. The molecule has 29 heavy (non-hydrogen) atoms. The van der Waals surface area contributed by atoms with Gasteiger partial charge in [0.15, 0.2) is 0 Å². The summed E-state index contributed by atoms with van der Waals surface area (Å²) in [6.07, 6.45) is -0.995. The lowest BCUT2D eigenvalue weighted by molar-refractivity contribution is 0.0299. The Morgan fingerprint density at radius 2 is 1.72 bits per heavy atom. The summed E-state index contributed by atoms with van der Waals surface area (Å²) in [5.41, 5.74) is 2.06. The summed E-state index contributed by atoms with van der Waals surface area (Å²) in [6, 6.07) is 13.1. The van der Waals surface area contributed by atoms with Crippen molar-refractivity contribution < 1.29 is 28.2 Å². The third-order valence-corrected chi connectivity index (χ3v) is 7.21. The minimum atomic E-state index is -3.78. The van der Waals surface area contributed by atoms with Crippen LogP contribution in [0.15, 0.2) is 53.4 Å². The summed E-state index contributed by atoms with van der Waals surface area (Å²) in [4.78, 5) is 11.8. The van der Waals surface area contributed by atoms with Crippen LogP contribution in [-0.2, 0) is 14.8 Å². The Morgan fingerprint density at radius 1 is 1.10 bits per heavy atom. The van der Waals surface area contributed by atoms with E-state index in [0.29, 0.717) is 5.56 Å². The van der Waals surface area contributed by atoms with Gasteiger partial charge in [-0.05, 0) is 36.8 Å². The average Bonchev–Trinajstić information content (AvgIpc) is 2.73. The summed E-state index contributed by atoms with van der Waals surface area (Å²) in [6.45, 7) is 1.61. The van der Waals surface area contributed by atoms with Gasteiger partial charge in [-0.25, -0.2) is 13.2 Å². The van der Waals surface area contributed by atoms with Gasteiger partial charge in [0.05, 0.1) is 23.7 Å². The molecule has 2 aromatic rings. The molecule has 7 nitrogen and oxygen atoms in total. The number of nitrogens with zero attached hydrogens (tertiary/aromatic N) is 1. The van der Waals surface area contributed by atoms with Crippen LogP contribution in [0, 0.1) is 12.8 Å². The van der Waals surface area contributed by atoms with Crippen molar-refractivity contribution in [2.45, 2.75) is 23.8 Å². The van der Waals surface area contributed by atoms with Crippen LogP contribution >= 0.6 is 0 Å². The number of aryl methyl sites for hydroxylation is 1. The number of carbonyl (C=O) groups is 1. The molecule has 0 unspecified atom stereocenters. The predicted molar refractivity (Wildman–Crippen MR) is 107 cm³/mol. The topological polar surface area (TPSA) is 104 Å². The molecule has 1 aliphatic heterocycles. The van der Waals surface area contributed by atoms with Crippen LogP contribution < -0.4 is 0 Å². The van der Waals surface area contributed by atoms with Crippen LogP contribution in [0.5, 0.6) is 0 Å². The van der Waals surface area contributed by atoms with Crippen molar-refractivity contribution in [3.8, 4) is 0 Å². The molecule has 1 heterocycles. The summed E-state index contributed by atoms with van der Waals surface area (Å²) < 4.78 is 31.9. The van der Waals surface area contributed by atoms with E-state index in [2.05, 4.69) is 4.74 Å². The van der Waals surface area contributed by atoms with E-state index < -0.39 is 33.9 Å². The number of hydrogen-bond donors (Lipinski definition) is 2. The highest BCUT2D eigenvalue weighted by Gasteiger charge is 2.41. The maximum atomic E-state index is 13.0. The van der Waals surface area contributed by atoms with Gasteiger partial charge in [-0.1, -0.05) is 29.8 Å². The SMILES string of the molecule is COC(=O)c1ccc([C@@H]2[C@@H](CO)CN(S(=O)(=O)c3ccc(C)cc3)C[C@H]2O)cc1. The fourth-order valence-electron chi connectivity index (χ4n) is 3.77. The molecule has 0 radical (unpaired) electrons. The fourth-order valence-corrected chi connectivity index (χ4v) is 5.28. The first-order chi connectivity index (χ1) is 13.8. The molecule has 2 N–H and O–H groups in total. The Morgan fingerprint density at radius 3 is 2.28 bits per heavy atom. The largest absolute Gasteiger partial charge is 0.465 e. The maximum absolute atomic E-state index is 13.0. The standard InChI is InChI=1S/C21H25NO6S/c1-14-3-9-18(10-4-14)29(26,27)22-11-17(13-23)20(19(24)12-22)15-5-7-16(8-6-15)21(25)28-2/h3-10,17,19-20,23-24H,11-13H2,1-2H3/t17-,19-,20-/m1/s1. The second kappa shape index (κ2) is 8.62. The molecule has 0 bridgehead atoms. The van der Waals surface area contributed by atoms with Crippen molar-refractivity contribution in [2.24, 2.45) is 5.92 Å². The molecule has 0 amide bonds. The fraction of sp³-hybridized carbons (Fsp3) is 0.381. The summed E-state index contributed by atoms with van der Waals surface area (Å²) in [5, 5.41) is 20.7. The summed E-state index contributed by atoms with van der Waals surface area (Å²) in [7, 11) is -2.48. The van der Waals surface area contributed by atoms with Gasteiger partial charge in [0.1, 0.15) is 0 Å². The molecule has 3 atom stereocenters. The van der Waals surface area contributed by atoms with Crippen LogP contribution in [0.2, 0.25) is 0 Å². The predicted octanol–water partition coefficient (Wildman–Crippen LogP) is 1.54. The Kier molecular flexibility index (Phi) is 6.38. The Hall–Kier alpha value is -2.26. The lowest BCUT2D eigenvalue weighted by Crippen LogP contribution is -2.51. The molecule has 1 fully saturated rings. The molecule has 0 aromatic heterocycles. The number of esters is 1. The zero-order valence-corrected chi connectivity index (χ0v) is 17.2. The quantitative estimate of drug-likeness (QED) is 0.713. The van der Waals surface area contributed by atoms with E-state index in [9.17, 15) is 23.4 Å². The molecule has 1 saturated heterocycles. The molecule has 1 aliphatic rings. The van der Waals surface area contributed by atoms with E-state index in [1.165, 1.54) is 11.4 Å². The minimum Gasteiger partial charge on any atom is -0.465 e. The van der Waals surface area contributed by atoms with E-state index in [-0.39, 0.29) is 24.6 Å². The van der Waals surface area contributed by atoms with Gasteiger partial charge in [0.2, 0.25) is 10.0 Å². The average molecular weight is 419 g/mol. The molecular weight excluding hydrogens is 394 g/mol.